The molecule has 0 saturated carbocycles. The van der Waals surface area contributed by atoms with Crippen LogP contribution in [0.5, 0.6) is 23.0 Å². The van der Waals surface area contributed by atoms with Gasteiger partial charge in [-0.3, -0.25) is 24.2 Å². The van der Waals surface area contributed by atoms with Crippen LogP contribution >= 0.6 is 0 Å². The van der Waals surface area contributed by atoms with Gasteiger partial charge in [0.15, 0.2) is 11.5 Å². The summed E-state index contributed by atoms with van der Waals surface area (Å²) in [4.78, 5) is 72.2. The fourth-order valence-corrected chi connectivity index (χ4v) is 12.4. The molecule has 7 aromatic carbocycles. The van der Waals surface area contributed by atoms with E-state index in [1.807, 2.05) is 157 Å². The van der Waals surface area contributed by atoms with Crippen molar-refractivity contribution in [2.75, 3.05) is 58.2 Å². The van der Waals surface area contributed by atoms with Gasteiger partial charge < -0.3 is 39.0 Å². The van der Waals surface area contributed by atoms with E-state index in [9.17, 15) is 5.11 Å². The lowest BCUT2D eigenvalue weighted by molar-refractivity contribution is -0.179. The number of nitrogens with one attached hydrogen (secondary N) is 1. The van der Waals surface area contributed by atoms with Crippen LogP contribution in [-0.4, -0.2) is 103 Å². The zero-order chi connectivity index (χ0) is 54.9. The van der Waals surface area contributed by atoms with Gasteiger partial charge in [-0.05, 0) is 107 Å². The van der Waals surface area contributed by atoms with E-state index in [1.54, 1.807) is 42.3 Å². The van der Waals surface area contributed by atoms with Crippen molar-refractivity contribution in [1.82, 2.24) is 20.0 Å². The first-order valence-electron chi connectivity index (χ1n) is 27.0. The third-order valence-electron chi connectivity index (χ3n) is 16.1. The summed E-state index contributed by atoms with van der Waals surface area (Å²) >= 11 is 0. The van der Waals surface area contributed by atoms with Gasteiger partial charge in [0.05, 0.1) is 43.4 Å². The zero-order valence-corrected chi connectivity index (χ0v) is 44.3. The fourth-order valence-electron chi connectivity index (χ4n) is 12.4. The van der Waals surface area contributed by atoms with E-state index >= 15 is 19.2 Å². The van der Waals surface area contributed by atoms with E-state index in [2.05, 4.69) is 22.1 Å². The number of rotatable bonds is 12. The Morgan fingerprint density at radius 2 is 1.39 bits per heavy atom. The number of imide groups is 1. The number of hydrogen-bond donors (Lipinski definition) is 2. The molecule has 2 N–H and O–H groups in total. The highest BCUT2D eigenvalue weighted by Crippen LogP contribution is 2.66. The topological polar surface area (TPSA) is 160 Å². The molecule has 3 saturated heterocycles. The van der Waals surface area contributed by atoms with Gasteiger partial charge in [-0.1, -0.05) is 121 Å². The van der Waals surface area contributed by atoms with E-state index < -0.39 is 65.4 Å². The van der Waals surface area contributed by atoms with Crippen molar-refractivity contribution in [2.45, 2.75) is 49.2 Å². The molecule has 5 aliphatic heterocycles. The van der Waals surface area contributed by atoms with Crippen LogP contribution in [0.3, 0.4) is 0 Å². The quantitative estimate of drug-likeness (QED) is 0.0887. The Morgan fingerprint density at radius 3 is 2.11 bits per heavy atom. The number of anilines is 1. The molecule has 0 aromatic heterocycles. The van der Waals surface area contributed by atoms with Gasteiger partial charge in [-0.2, -0.15) is 0 Å². The number of methoxy groups -OCH3 is 1. The molecule has 5 aliphatic rings. The van der Waals surface area contributed by atoms with Gasteiger partial charge >= 0.3 is 12.0 Å². The van der Waals surface area contributed by atoms with Crippen LogP contribution < -0.4 is 29.2 Å². The van der Waals surface area contributed by atoms with E-state index in [4.69, 9.17) is 23.7 Å². The van der Waals surface area contributed by atoms with Gasteiger partial charge in [0, 0.05) is 43.9 Å². The van der Waals surface area contributed by atoms with E-state index in [-0.39, 0.29) is 38.8 Å². The Hall–Kier alpha value is -8.94. The van der Waals surface area contributed by atoms with E-state index in [1.165, 1.54) is 0 Å². The van der Waals surface area contributed by atoms with Gasteiger partial charge in [-0.15, -0.1) is 0 Å². The number of carbonyl (C=O) groups is 4. The second-order valence-corrected chi connectivity index (χ2v) is 20.6. The number of aliphatic hydroxyl groups is 1. The third-order valence-corrected chi connectivity index (χ3v) is 16.1. The maximum Gasteiger partial charge on any atom is 0.329 e. The van der Waals surface area contributed by atoms with E-state index in [0.717, 1.165) is 21.6 Å². The number of urea groups is 1. The van der Waals surface area contributed by atoms with Gasteiger partial charge in [-0.25, -0.2) is 9.69 Å². The summed E-state index contributed by atoms with van der Waals surface area (Å²) in [6.07, 6.45) is -0.923. The molecule has 1 spiro atoms. The first kappa shape index (κ1) is 51.8. The predicted molar refractivity (Wildman–Crippen MR) is 298 cm³/mol. The summed E-state index contributed by atoms with van der Waals surface area (Å²) in [6.45, 7) is 3.83. The molecule has 80 heavy (non-hydrogen) atoms. The number of ether oxygens (including phenoxy) is 5. The number of hydrogen-bond acceptors (Lipinski definition) is 12. The molecule has 15 heteroatoms. The number of esters is 1. The molecule has 0 bridgehead atoms. The summed E-state index contributed by atoms with van der Waals surface area (Å²) in [7, 11) is 1.60. The molecule has 7 aromatic rings. The molecule has 404 valence electrons. The molecule has 3 fully saturated rings. The van der Waals surface area contributed by atoms with Crippen molar-refractivity contribution in [2.24, 2.45) is 5.92 Å². The number of piperazine rings is 1. The molecule has 12 rings (SSSR count). The van der Waals surface area contributed by atoms with Crippen LogP contribution in [-0.2, 0) is 31.1 Å². The highest BCUT2D eigenvalue weighted by atomic mass is 16.7. The molecular formula is C65H59N5O10. The Bertz CT molecular complexity index is 3510. The van der Waals surface area contributed by atoms with Gasteiger partial charge in [0.1, 0.15) is 35.7 Å². The number of cyclic esters (lactones) is 1. The minimum absolute atomic E-state index is 0.0199. The van der Waals surface area contributed by atoms with Crippen molar-refractivity contribution in [3.63, 3.8) is 0 Å². The lowest BCUT2D eigenvalue weighted by Gasteiger charge is -2.46. The molecular weight excluding hydrogens is 1010 g/mol. The smallest absolute Gasteiger partial charge is 0.329 e. The number of aliphatic hydroxyl groups excluding tert-OH is 1. The highest BCUT2D eigenvalue weighted by Gasteiger charge is 2.76. The Kier molecular flexibility index (Phi) is 14.3. The van der Waals surface area contributed by atoms with Crippen molar-refractivity contribution in [3.8, 4) is 34.8 Å². The van der Waals surface area contributed by atoms with Crippen molar-refractivity contribution in [1.29, 1.82) is 0 Å². The molecule has 15 nitrogen and oxygen atoms in total. The van der Waals surface area contributed by atoms with Crippen molar-refractivity contribution >= 4 is 29.5 Å². The Balaban J connectivity index is 1.07. The average Bonchev–Trinajstić information content (AvgIpc) is 4.21. The SMILES string of the molecule is COc1ccc(C#Cc2ccc3c(c2)[C@]2(C(=O)N3C(=O)N[C@H](C)c3ccccc3)[C@H](c3cccc(OCCO)c3)N3[C@H](c4ccccc4)[C@H](c4ccccc4)OC(=O)[C@H]3[C@@H]2C(=O)N2CCN(Cc3ccc4c(c3)OCO4)CC2)cc1. The molecule has 0 radical (unpaired) electrons. The summed E-state index contributed by atoms with van der Waals surface area (Å²) in [5, 5.41) is 13.1. The second-order valence-electron chi connectivity index (χ2n) is 20.6. The molecule has 7 atom stereocenters. The van der Waals surface area contributed by atoms with Crippen LogP contribution in [0, 0.1) is 17.8 Å². The highest BCUT2D eigenvalue weighted by molar-refractivity contribution is 6.24. The first-order valence-corrected chi connectivity index (χ1v) is 27.0. The van der Waals surface area contributed by atoms with Crippen LogP contribution in [0.25, 0.3) is 0 Å². The number of nitrogens with zero attached hydrogens (tertiary/aromatic N) is 4. The maximum absolute atomic E-state index is 17.1. The number of morpholine rings is 1. The molecule has 4 amide bonds. The minimum Gasteiger partial charge on any atom is -0.497 e. The molecule has 0 unspecified atom stereocenters. The minimum atomic E-state index is -2.03. The van der Waals surface area contributed by atoms with E-state index in [0.29, 0.717) is 70.4 Å². The lowest BCUT2D eigenvalue weighted by atomic mass is 9.64. The number of amides is 4. The second kappa shape index (κ2) is 22.1. The number of carbonyl (C=O) groups excluding carboxylic acids is 4. The van der Waals surface area contributed by atoms with Crippen molar-refractivity contribution < 1.29 is 48.0 Å². The van der Waals surface area contributed by atoms with Gasteiger partial charge in [0.25, 0.3) is 0 Å². The summed E-state index contributed by atoms with van der Waals surface area (Å²) < 4.78 is 29.6. The van der Waals surface area contributed by atoms with Crippen LogP contribution in [0.1, 0.15) is 75.7 Å². The monoisotopic (exact) mass is 1070 g/mol. The molecule has 5 heterocycles. The largest absolute Gasteiger partial charge is 0.497 e. The van der Waals surface area contributed by atoms with Crippen molar-refractivity contribution in [3.05, 3.63) is 220 Å². The normalized spacial score (nSPS) is 22.4. The van der Waals surface area contributed by atoms with Crippen LogP contribution in [0.2, 0.25) is 0 Å². The standard InChI is InChI=1S/C65H59N5O10/c1-42(46-13-6-3-7-14-46)66-64(75)69-53-29-25-44(22-21-43-23-27-50(76-2)28-24-43)37-52(53)65(63(69)74)56(61(72)68-33-31-67(32-34-68)40-45-26-30-54-55(38-45)79-41-78-54)58-62(73)80-59(48-17-10-5-11-18-48)57(47-15-8-4-9-16-47)70(58)60(65)49-19-12-20-51(39-49)77-36-35-71/h3-20,23-30,37-39,42,56-60,71H,31-36,40-41H2,1-2H3,(H,66,75)/t42-,56-,57-,58-,59+,60+,65-/m1/s1. The third kappa shape index (κ3) is 9.44. The predicted octanol–water partition coefficient (Wildman–Crippen LogP) is 8.68. The zero-order valence-electron chi connectivity index (χ0n) is 44.3. The average molecular weight is 1070 g/mol. The summed E-state index contributed by atoms with van der Waals surface area (Å²) in [5.41, 5.74) is 3.62. The Labute approximate surface area is 464 Å². The first-order chi connectivity index (χ1) is 39.1. The Morgan fingerprint density at radius 1 is 0.713 bits per heavy atom. The van der Waals surface area contributed by atoms with Gasteiger partial charge in [0.2, 0.25) is 18.6 Å². The summed E-state index contributed by atoms with van der Waals surface area (Å²) in [5.74, 6) is 5.74. The summed E-state index contributed by atoms with van der Waals surface area (Å²) in [6, 6.07) is 49.8. The fraction of sp³-hybridized carbons (Fsp3) is 0.262. The number of benzene rings is 7. The lowest BCUT2D eigenvalue weighted by Crippen LogP contribution is -2.59. The van der Waals surface area contributed by atoms with Crippen LogP contribution in [0.4, 0.5) is 10.5 Å². The number of fused-ring (bicyclic) bond motifs is 4. The maximum atomic E-state index is 17.1. The molecule has 0 aliphatic carbocycles. The van der Waals surface area contributed by atoms with Crippen LogP contribution in [0.15, 0.2) is 176 Å².